The highest BCUT2D eigenvalue weighted by Gasteiger charge is 2.07. The molecule has 0 radical (unpaired) electrons. The number of hydrogen-bond donors (Lipinski definition) is 1. The van der Waals surface area contributed by atoms with Gasteiger partial charge in [0, 0.05) is 5.56 Å². The van der Waals surface area contributed by atoms with Crippen LogP contribution < -0.4 is 5.73 Å². The smallest absolute Gasteiger partial charge is 0.148 e. The Bertz CT molecular complexity index is 586. The molecule has 17 heavy (non-hydrogen) atoms. The molecule has 0 aliphatic rings. The highest BCUT2D eigenvalue weighted by Crippen LogP contribution is 2.15. The zero-order valence-corrected chi connectivity index (χ0v) is 10.9. The molecule has 0 unspecified atom stereocenters. The maximum absolute atomic E-state index is 5.63. The third-order valence-corrected chi connectivity index (χ3v) is 2.81. The van der Waals surface area contributed by atoms with Crippen LogP contribution in [0.5, 0.6) is 0 Å². The number of benzene rings is 1. The van der Waals surface area contributed by atoms with Crippen molar-refractivity contribution in [2.24, 2.45) is 5.73 Å². The largest absolute Gasteiger partial charge is 0.389 e. The normalized spacial score (nSPS) is 10.5. The van der Waals surface area contributed by atoms with Gasteiger partial charge >= 0.3 is 0 Å². The fraction of sp³-hybridized carbons (Fsp3) is 0.250. The van der Waals surface area contributed by atoms with Crippen LogP contribution in [-0.2, 0) is 0 Å². The van der Waals surface area contributed by atoms with E-state index in [-0.39, 0.29) is 0 Å². The van der Waals surface area contributed by atoms with E-state index >= 15 is 0 Å². The summed E-state index contributed by atoms with van der Waals surface area (Å²) >= 11 is 4.98. The molecule has 0 fully saturated rings. The molecule has 0 aliphatic carbocycles. The molecule has 88 valence electrons. The van der Waals surface area contributed by atoms with Gasteiger partial charge < -0.3 is 5.73 Å². The van der Waals surface area contributed by atoms with Gasteiger partial charge in [0.2, 0.25) is 0 Å². The predicted molar refractivity (Wildman–Crippen MR) is 71.5 cm³/mol. The Kier molecular flexibility index (Phi) is 2.93. The van der Waals surface area contributed by atoms with E-state index in [9.17, 15) is 0 Å². The zero-order chi connectivity index (χ0) is 12.6. The van der Waals surface area contributed by atoms with Crippen LogP contribution in [0, 0.1) is 20.8 Å². The summed E-state index contributed by atoms with van der Waals surface area (Å²) in [4.78, 5) is 4.69. The summed E-state index contributed by atoms with van der Waals surface area (Å²) in [5.41, 5.74) is 8.55. The Balaban J connectivity index is 2.51. The number of aromatic nitrogens is 3. The summed E-state index contributed by atoms with van der Waals surface area (Å²) in [5, 5.41) is 4.34. The maximum atomic E-state index is 5.63. The summed E-state index contributed by atoms with van der Waals surface area (Å²) in [6.07, 6.45) is 0. The number of thiocarbonyl (C=S) groups is 1. The highest BCUT2D eigenvalue weighted by molar-refractivity contribution is 7.80. The van der Waals surface area contributed by atoms with E-state index in [1.165, 1.54) is 0 Å². The van der Waals surface area contributed by atoms with Crippen molar-refractivity contribution >= 4 is 17.2 Å². The minimum absolute atomic E-state index is 0.417. The summed E-state index contributed by atoms with van der Waals surface area (Å²) < 4.78 is 1.81. The van der Waals surface area contributed by atoms with Crippen LogP contribution in [0.3, 0.4) is 0 Å². The Hall–Kier alpha value is -1.75. The SMILES string of the molecule is Cc1nc(C)n(-c2ccc(C(N)=S)c(C)c2)n1. The van der Waals surface area contributed by atoms with Gasteiger partial charge in [0.15, 0.2) is 0 Å². The second-order valence-corrected chi connectivity index (χ2v) is 4.42. The monoisotopic (exact) mass is 246 g/mol. The first-order valence-corrected chi connectivity index (χ1v) is 5.71. The highest BCUT2D eigenvalue weighted by atomic mass is 32.1. The lowest BCUT2D eigenvalue weighted by atomic mass is 10.1. The van der Waals surface area contributed by atoms with Gasteiger partial charge in [0.25, 0.3) is 0 Å². The lowest BCUT2D eigenvalue weighted by Crippen LogP contribution is -2.11. The van der Waals surface area contributed by atoms with Crippen LogP contribution in [-0.4, -0.2) is 19.8 Å². The van der Waals surface area contributed by atoms with Crippen molar-refractivity contribution in [1.29, 1.82) is 0 Å². The molecule has 4 nitrogen and oxygen atoms in total. The topological polar surface area (TPSA) is 56.7 Å². The Morgan fingerprint density at radius 2 is 2.00 bits per heavy atom. The Labute approximate surface area is 105 Å². The molecular formula is C12H14N4S. The van der Waals surface area contributed by atoms with E-state index in [1.54, 1.807) is 0 Å². The van der Waals surface area contributed by atoms with Crippen LogP contribution in [0.4, 0.5) is 0 Å². The number of nitrogens with two attached hydrogens (primary N) is 1. The molecule has 0 amide bonds. The van der Waals surface area contributed by atoms with E-state index in [2.05, 4.69) is 10.1 Å². The van der Waals surface area contributed by atoms with Crippen molar-refractivity contribution < 1.29 is 0 Å². The van der Waals surface area contributed by atoms with Crippen molar-refractivity contribution in [3.05, 3.63) is 41.0 Å². The molecule has 1 aromatic carbocycles. The first-order chi connectivity index (χ1) is 7.99. The summed E-state index contributed by atoms with van der Waals surface area (Å²) in [6.45, 7) is 5.79. The molecule has 5 heteroatoms. The molecule has 0 aliphatic heterocycles. The van der Waals surface area contributed by atoms with Gasteiger partial charge in [0.1, 0.15) is 16.6 Å². The molecule has 1 heterocycles. The van der Waals surface area contributed by atoms with Crippen LogP contribution in [0.1, 0.15) is 22.8 Å². The lowest BCUT2D eigenvalue weighted by molar-refractivity contribution is 0.830. The van der Waals surface area contributed by atoms with Gasteiger partial charge in [-0.15, -0.1) is 0 Å². The predicted octanol–water partition coefficient (Wildman–Crippen LogP) is 1.83. The minimum Gasteiger partial charge on any atom is -0.389 e. The molecule has 2 rings (SSSR count). The fourth-order valence-corrected chi connectivity index (χ4v) is 2.05. The molecular weight excluding hydrogens is 232 g/mol. The zero-order valence-electron chi connectivity index (χ0n) is 10.1. The molecule has 0 spiro atoms. The third kappa shape index (κ3) is 2.19. The number of hydrogen-bond acceptors (Lipinski definition) is 3. The van der Waals surface area contributed by atoms with Crippen LogP contribution in [0.25, 0.3) is 5.69 Å². The van der Waals surface area contributed by atoms with E-state index < -0.39 is 0 Å². The molecule has 0 saturated carbocycles. The number of nitrogens with zero attached hydrogens (tertiary/aromatic N) is 3. The summed E-state index contributed by atoms with van der Waals surface area (Å²) in [5.74, 6) is 1.63. The van der Waals surface area contributed by atoms with Gasteiger partial charge in [-0.25, -0.2) is 9.67 Å². The van der Waals surface area contributed by atoms with Gasteiger partial charge in [-0.3, -0.25) is 0 Å². The summed E-state index contributed by atoms with van der Waals surface area (Å²) in [7, 11) is 0. The second-order valence-electron chi connectivity index (χ2n) is 3.98. The lowest BCUT2D eigenvalue weighted by Gasteiger charge is -2.08. The maximum Gasteiger partial charge on any atom is 0.148 e. The van der Waals surface area contributed by atoms with Gasteiger partial charge in [-0.1, -0.05) is 12.2 Å². The van der Waals surface area contributed by atoms with Crippen molar-refractivity contribution in [1.82, 2.24) is 14.8 Å². The quantitative estimate of drug-likeness (QED) is 0.821. The molecule has 0 atom stereocenters. The van der Waals surface area contributed by atoms with Crippen LogP contribution >= 0.6 is 12.2 Å². The van der Waals surface area contributed by atoms with E-state index in [0.717, 1.165) is 28.5 Å². The minimum atomic E-state index is 0.417. The molecule has 2 aromatic rings. The van der Waals surface area contributed by atoms with Crippen molar-refractivity contribution in [2.75, 3.05) is 0 Å². The molecule has 0 saturated heterocycles. The van der Waals surface area contributed by atoms with Crippen LogP contribution in [0.2, 0.25) is 0 Å². The first kappa shape index (κ1) is 11.7. The van der Waals surface area contributed by atoms with Gasteiger partial charge in [-0.2, -0.15) is 5.10 Å². The van der Waals surface area contributed by atoms with Crippen molar-refractivity contribution in [2.45, 2.75) is 20.8 Å². The van der Waals surface area contributed by atoms with Crippen molar-refractivity contribution in [3.63, 3.8) is 0 Å². The van der Waals surface area contributed by atoms with Gasteiger partial charge in [0.05, 0.1) is 5.69 Å². The van der Waals surface area contributed by atoms with E-state index in [1.807, 2.05) is 43.7 Å². The third-order valence-electron chi connectivity index (χ3n) is 2.59. The van der Waals surface area contributed by atoms with Crippen LogP contribution in [0.15, 0.2) is 18.2 Å². The molecule has 2 N–H and O–H groups in total. The first-order valence-electron chi connectivity index (χ1n) is 5.30. The average Bonchev–Trinajstić information content (AvgIpc) is 2.57. The fourth-order valence-electron chi connectivity index (χ4n) is 1.82. The Morgan fingerprint density at radius 1 is 1.29 bits per heavy atom. The van der Waals surface area contributed by atoms with Gasteiger partial charge in [-0.05, 0) is 44.5 Å². The van der Waals surface area contributed by atoms with E-state index in [4.69, 9.17) is 18.0 Å². The Morgan fingerprint density at radius 3 is 2.47 bits per heavy atom. The number of aryl methyl sites for hydroxylation is 3. The standard InChI is InChI=1S/C12H14N4S/c1-7-6-10(4-5-11(7)12(13)17)16-9(3)14-8(2)15-16/h4-6H,1-3H3,(H2,13,17). The van der Waals surface area contributed by atoms with E-state index in [0.29, 0.717) is 4.99 Å². The average molecular weight is 246 g/mol. The molecule has 1 aromatic heterocycles. The summed E-state index contributed by atoms with van der Waals surface area (Å²) in [6, 6.07) is 5.88. The molecule has 0 bridgehead atoms. The van der Waals surface area contributed by atoms with Crippen molar-refractivity contribution in [3.8, 4) is 5.69 Å². The number of rotatable bonds is 2. The second kappa shape index (κ2) is 4.25.